The Balaban J connectivity index is 2.90. The van der Waals surface area contributed by atoms with Crippen molar-refractivity contribution in [3.63, 3.8) is 0 Å². The third kappa shape index (κ3) is 2.63. The maximum atomic E-state index is 12.2. The van der Waals surface area contributed by atoms with Crippen molar-refractivity contribution < 1.29 is 4.79 Å². The maximum Gasteiger partial charge on any atom is 0.229 e. The zero-order valence-electron chi connectivity index (χ0n) is 10.7. The molecule has 0 bridgehead atoms. The molecular formula is C14H21NO. The summed E-state index contributed by atoms with van der Waals surface area (Å²) in [5.74, 6) is 0.181. The fraction of sp³-hybridized carbons (Fsp3) is 0.500. The van der Waals surface area contributed by atoms with E-state index >= 15 is 0 Å². The molecule has 1 rings (SSSR count). The van der Waals surface area contributed by atoms with Gasteiger partial charge < -0.3 is 4.90 Å². The Bertz CT molecular complexity index is 356. The Kier molecular flexibility index (Phi) is 4.53. The van der Waals surface area contributed by atoms with Gasteiger partial charge in [0, 0.05) is 13.1 Å². The molecule has 0 aliphatic rings. The minimum absolute atomic E-state index is 0.0406. The Morgan fingerprint density at radius 1 is 1.25 bits per heavy atom. The van der Waals surface area contributed by atoms with Gasteiger partial charge in [0.1, 0.15) is 0 Å². The van der Waals surface area contributed by atoms with E-state index < -0.39 is 0 Å². The summed E-state index contributed by atoms with van der Waals surface area (Å²) in [6.45, 7) is 9.65. The van der Waals surface area contributed by atoms with Crippen LogP contribution < -0.4 is 0 Å². The molecule has 0 radical (unpaired) electrons. The molecule has 0 aliphatic carbocycles. The predicted octanol–water partition coefficient (Wildman–Crippen LogP) is 2.97. The lowest BCUT2D eigenvalue weighted by Crippen LogP contribution is -2.34. The molecular weight excluding hydrogens is 198 g/mol. The van der Waals surface area contributed by atoms with E-state index in [9.17, 15) is 4.79 Å². The first-order valence-electron chi connectivity index (χ1n) is 5.96. The van der Waals surface area contributed by atoms with Crippen LogP contribution in [0.25, 0.3) is 0 Å². The number of aryl methyl sites for hydroxylation is 1. The monoisotopic (exact) mass is 219 g/mol. The smallest absolute Gasteiger partial charge is 0.229 e. The summed E-state index contributed by atoms with van der Waals surface area (Å²) < 4.78 is 0. The van der Waals surface area contributed by atoms with E-state index in [0.717, 1.165) is 18.7 Å². The maximum absolute atomic E-state index is 12.2. The number of likely N-dealkylation sites (N-methyl/N-ethyl adjacent to an activating group) is 1. The number of amides is 1. The molecule has 1 aromatic carbocycles. The SMILES string of the molecule is CCN(CC)C(=O)C(C)c1ccccc1C. The second-order valence-electron chi connectivity index (χ2n) is 4.09. The summed E-state index contributed by atoms with van der Waals surface area (Å²) in [6, 6.07) is 8.10. The normalized spacial score (nSPS) is 12.2. The van der Waals surface area contributed by atoms with Gasteiger partial charge in [-0.25, -0.2) is 0 Å². The summed E-state index contributed by atoms with van der Waals surface area (Å²) in [5.41, 5.74) is 2.33. The lowest BCUT2D eigenvalue weighted by atomic mass is 9.95. The van der Waals surface area contributed by atoms with E-state index in [1.165, 1.54) is 5.56 Å². The molecule has 1 amide bonds. The molecule has 0 N–H and O–H groups in total. The van der Waals surface area contributed by atoms with Gasteiger partial charge >= 0.3 is 0 Å². The lowest BCUT2D eigenvalue weighted by molar-refractivity contribution is -0.132. The van der Waals surface area contributed by atoms with Gasteiger partial charge in [0.2, 0.25) is 5.91 Å². The quantitative estimate of drug-likeness (QED) is 0.762. The first-order valence-corrected chi connectivity index (χ1v) is 5.96. The summed E-state index contributed by atoms with van der Waals surface area (Å²) in [7, 11) is 0. The molecule has 0 saturated carbocycles. The fourth-order valence-electron chi connectivity index (χ4n) is 2.01. The zero-order valence-corrected chi connectivity index (χ0v) is 10.7. The van der Waals surface area contributed by atoms with Crippen LogP contribution in [0.2, 0.25) is 0 Å². The van der Waals surface area contributed by atoms with Gasteiger partial charge in [-0.1, -0.05) is 24.3 Å². The minimum atomic E-state index is -0.0406. The third-order valence-electron chi connectivity index (χ3n) is 3.10. The Hall–Kier alpha value is -1.31. The Labute approximate surface area is 98.3 Å². The van der Waals surface area contributed by atoms with Crippen molar-refractivity contribution in [2.24, 2.45) is 0 Å². The van der Waals surface area contributed by atoms with Crippen molar-refractivity contribution in [2.75, 3.05) is 13.1 Å². The van der Waals surface area contributed by atoms with Crippen molar-refractivity contribution in [3.8, 4) is 0 Å². The highest BCUT2D eigenvalue weighted by molar-refractivity contribution is 5.83. The average molecular weight is 219 g/mol. The van der Waals surface area contributed by atoms with Crippen molar-refractivity contribution in [2.45, 2.75) is 33.6 Å². The van der Waals surface area contributed by atoms with Gasteiger partial charge in [-0.05, 0) is 38.8 Å². The van der Waals surface area contributed by atoms with Crippen molar-refractivity contribution >= 4 is 5.91 Å². The first-order chi connectivity index (χ1) is 7.61. The lowest BCUT2D eigenvalue weighted by Gasteiger charge is -2.23. The summed E-state index contributed by atoms with van der Waals surface area (Å²) in [6.07, 6.45) is 0. The number of carbonyl (C=O) groups is 1. The molecule has 0 heterocycles. The number of nitrogens with zero attached hydrogens (tertiary/aromatic N) is 1. The largest absolute Gasteiger partial charge is 0.343 e. The van der Waals surface area contributed by atoms with Crippen LogP contribution in [0.3, 0.4) is 0 Å². The molecule has 0 spiro atoms. The van der Waals surface area contributed by atoms with Gasteiger partial charge in [0.15, 0.2) is 0 Å². The molecule has 2 nitrogen and oxygen atoms in total. The molecule has 0 aromatic heterocycles. The van der Waals surface area contributed by atoms with E-state index in [2.05, 4.69) is 13.0 Å². The molecule has 2 heteroatoms. The van der Waals surface area contributed by atoms with Gasteiger partial charge in [0.05, 0.1) is 5.92 Å². The number of hydrogen-bond donors (Lipinski definition) is 0. The summed E-state index contributed by atoms with van der Waals surface area (Å²) >= 11 is 0. The van der Waals surface area contributed by atoms with Gasteiger partial charge in [0.25, 0.3) is 0 Å². The minimum Gasteiger partial charge on any atom is -0.343 e. The van der Waals surface area contributed by atoms with Crippen LogP contribution in [-0.2, 0) is 4.79 Å². The highest BCUT2D eigenvalue weighted by Crippen LogP contribution is 2.21. The highest BCUT2D eigenvalue weighted by atomic mass is 16.2. The predicted molar refractivity (Wildman–Crippen MR) is 67.5 cm³/mol. The molecule has 0 aliphatic heterocycles. The van der Waals surface area contributed by atoms with E-state index in [1.807, 2.05) is 43.9 Å². The molecule has 1 unspecified atom stereocenters. The van der Waals surface area contributed by atoms with E-state index in [4.69, 9.17) is 0 Å². The second-order valence-corrected chi connectivity index (χ2v) is 4.09. The Morgan fingerprint density at radius 3 is 2.31 bits per heavy atom. The fourth-order valence-corrected chi connectivity index (χ4v) is 2.01. The van der Waals surface area contributed by atoms with Gasteiger partial charge in [-0.2, -0.15) is 0 Å². The van der Waals surface area contributed by atoms with Crippen LogP contribution >= 0.6 is 0 Å². The van der Waals surface area contributed by atoms with Crippen LogP contribution in [0.5, 0.6) is 0 Å². The number of benzene rings is 1. The molecule has 16 heavy (non-hydrogen) atoms. The van der Waals surface area contributed by atoms with Gasteiger partial charge in [-0.3, -0.25) is 4.79 Å². The Morgan fingerprint density at radius 2 is 1.81 bits per heavy atom. The zero-order chi connectivity index (χ0) is 12.1. The first kappa shape index (κ1) is 12.8. The van der Waals surface area contributed by atoms with E-state index in [0.29, 0.717) is 0 Å². The van der Waals surface area contributed by atoms with Crippen molar-refractivity contribution in [1.82, 2.24) is 4.90 Å². The van der Waals surface area contributed by atoms with Crippen LogP contribution in [0.15, 0.2) is 24.3 Å². The van der Waals surface area contributed by atoms with E-state index in [-0.39, 0.29) is 11.8 Å². The molecule has 1 aromatic rings. The summed E-state index contributed by atoms with van der Waals surface area (Å²) in [4.78, 5) is 14.1. The van der Waals surface area contributed by atoms with Crippen molar-refractivity contribution in [1.29, 1.82) is 0 Å². The second kappa shape index (κ2) is 5.69. The molecule has 1 atom stereocenters. The number of carbonyl (C=O) groups excluding carboxylic acids is 1. The molecule has 0 saturated heterocycles. The van der Waals surface area contributed by atoms with Crippen LogP contribution in [-0.4, -0.2) is 23.9 Å². The van der Waals surface area contributed by atoms with Crippen molar-refractivity contribution in [3.05, 3.63) is 35.4 Å². The third-order valence-corrected chi connectivity index (χ3v) is 3.10. The number of rotatable bonds is 4. The van der Waals surface area contributed by atoms with Crippen LogP contribution in [0.1, 0.15) is 37.8 Å². The van der Waals surface area contributed by atoms with Crippen LogP contribution in [0, 0.1) is 6.92 Å². The van der Waals surface area contributed by atoms with E-state index in [1.54, 1.807) is 0 Å². The standard InChI is InChI=1S/C14H21NO/c1-5-15(6-2)14(16)12(4)13-10-8-7-9-11(13)3/h7-10,12H,5-6H2,1-4H3. The highest BCUT2D eigenvalue weighted by Gasteiger charge is 2.20. The molecule has 88 valence electrons. The number of hydrogen-bond acceptors (Lipinski definition) is 1. The summed E-state index contributed by atoms with van der Waals surface area (Å²) in [5, 5.41) is 0. The topological polar surface area (TPSA) is 20.3 Å². The molecule has 0 fully saturated rings. The van der Waals surface area contributed by atoms with Gasteiger partial charge in [-0.15, -0.1) is 0 Å². The van der Waals surface area contributed by atoms with Crippen LogP contribution in [0.4, 0.5) is 0 Å². The average Bonchev–Trinajstić information content (AvgIpc) is 2.30.